The Kier molecular flexibility index (Phi) is 7.33. The van der Waals surface area contributed by atoms with Crippen molar-refractivity contribution in [1.82, 2.24) is 14.1 Å². The highest BCUT2D eigenvalue weighted by atomic mass is 35.5. The molecule has 2 aliphatic heterocycles. The maximum atomic E-state index is 13.9. The van der Waals surface area contributed by atoms with Crippen molar-refractivity contribution in [3.05, 3.63) is 64.7 Å². The smallest absolute Gasteiger partial charge is 0.243 e. The standard InChI is InChI=1S/C23H26ClF2N3O3S/c24-19-4-6-20(7-5-19)33(31,32)29-10-8-17(9-11-29)23(30)28-14-12-27(13-15-28)16-18-2-1-3-21(25)22(18)26/h1-7,17H,8-16H2. The van der Waals surface area contributed by atoms with Crippen molar-refractivity contribution in [2.75, 3.05) is 39.3 Å². The lowest BCUT2D eigenvalue weighted by molar-refractivity contribution is -0.138. The number of piperidine rings is 1. The zero-order valence-corrected chi connectivity index (χ0v) is 19.7. The fraction of sp³-hybridized carbons (Fsp3) is 0.435. The molecule has 2 aliphatic rings. The molecule has 6 nitrogen and oxygen atoms in total. The summed E-state index contributed by atoms with van der Waals surface area (Å²) in [5.41, 5.74) is 0.309. The molecule has 2 heterocycles. The average Bonchev–Trinajstić information content (AvgIpc) is 2.82. The van der Waals surface area contributed by atoms with Crippen LogP contribution in [0, 0.1) is 17.6 Å². The first-order chi connectivity index (χ1) is 15.8. The lowest BCUT2D eigenvalue weighted by Gasteiger charge is -2.38. The van der Waals surface area contributed by atoms with Crippen LogP contribution in [0.15, 0.2) is 47.4 Å². The van der Waals surface area contributed by atoms with E-state index in [9.17, 15) is 22.0 Å². The summed E-state index contributed by atoms with van der Waals surface area (Å²) < 4.78 is 54.5. The molecule has 33 heavy (non-hydrogen) atoms. The molecule has 2 saturated heterocycles. The molecule has 0 bridgehead atoms. The van der Waals surface area contributed by atoms with Crippen LogP contribution in [-0.4, -0.2) is 67.7 Å². The summed E-state index contributed by atoms with van der Waals surface area (Å²) in [4.78, 5) is 17.0. The van der Waals surface area contributed by atoms with Gasteiger partial charge < -0.3 is 4.90 Å². The Hall–Kier alpha value is -2.07. The van der Waals surface area contributed by atoms with Gasteiger partial charge in [-0.1, -0.05) is 23.7 Å². The number of sulfonamides is 1. The number of hydrogen-bond donors (Lipinski definition) is 0. The third kappa shape index (κ3) is 5.37. The van der Waals surface area contributed by atoms with E-state index in [2.05, 4.69) is 0 Å². The van der Waals surface area contributed by atoms with E-state index in [4.69, 9.17) is 11.6 Å². The van der Waals surface area contributed by atoms with Crippen LogP contribution in [-0.2, 0) is 21.4 Å². The Balaban J connectivity index is 1.28. The van der Waals surface area contributed by atoms with E-state index in [0.717, 1.165) is 6.07 Å². The molecule has 0 unspecified atom stereocenters. The van der Waals surface area contributed by atoms with Gasteiger partial charge in [-0.25, -0.2) is 17.2 Å². The molecule has 0 radical (unpaired) electrons. The largest absolute Gasteiger partial charge is 0.340 e. The van der Waals surface area contributed by atoms with E-state index >= 15 is 0 Å². The predicted molar refractivity (Wildman–Crippen MR) is 121 cm³/mol. The third-order valence-corrected chi connectivity index (χ3v) is 8.53. The zero-order chi connectivity index (χ0) is 23.6. The molecule has 0 atom stereocenters. The van der Waals surface area contributed by atoms with Gasteiger partial charge in [-0.05, 0) is 43.2 Å². The molecule has 10 heteroatoms. The molecule has 2 aromatic carbocycles. The fourth-order valence-corrected chi connectivity index (χ4v) is 5.99. The van der Waals surface area contributed by atoms with Crippen molar-refractivity contribution in [3.8, 4) is 0 Å². The van der Waals surface area contributed by atoms with Gasteiger partial charge in [0.15, 0.2) is 11.6 Å². The predicted octanol–water partition coefficient (Wildman–Crippen LogP) is 3.36. The average molecular weight is 498 g/mol. The second-order valence-corrected chi connectivity index (χ2v) is 10.8. The molecule has 1 amide bonds. The molecule has 4 rings (SSSR count). The highest BCUT2D eigenvalue weighted by Gasteiger charge is 2.34. The fourth-order valence-electron chi connectivity index (χ4n) is 4.39. The molecule has 0 aromatic heterocycles. The van der Waals surface area contributed by atoms with Crippen molar-refractivity contribution in [3.63, 3.8) is 0 Å². The van der Waals surface area contributed by atoms with Gasteiger partial charge in [0.1, 0.15) is 0 Å². The molecule has 2 fully saturated rings. The maximum absolute atomic E-state index is 13.9. The number of carbonyl (C=O) groups excluding carboxylic acids is 1. The molecule has 2 aromatic rings. The Morgan fingerprint density at radius 1 is 0.939 bits per heavy atom. The lowest BCUT2D eigenvalue weighted by Crippen LogP contribution is -2.51. The molecule has 0 saturated carbocycles. The van der Waals surface area contributed by atoms with Gasteiger partial charge in [0.25, 0.3) is 0 Å². The van der Waals surface area contributed by atoms with E-state index in [1.165, 1.54) is 22.5 Å². The van der Waals surface area contributed by atoms with Crippen LogP contribution >= 0.6 is 11.6 Å². The van der Waals surface area contributed by atoms with Gasteiger partial charge in [-0.3, -0.25) is 9.69 Å². The highest BCUT2D eigenvalue weighted by molar-refractivity contribution is 7.89. The second kappa shape index (κ2) is 10.0. The van der Waals surface area contributed by atoms with Crippen LogP contribution in [0.2, 0.25) is 5.02 Å². The van der Waals surface area contributed by atoms with Crippen molar-refractivity contribution in [2.24, 2.45) is 5.92 Å². The summed E-state index contributed by atoms with van der Waals surface area (Å²) in [6.07, 6.45) is 0.945. The van der Waals surface area contributed by atoms with Crippen molar-refractivity contribution >= 4 is 27.5 Å². The summed E-state index contributed by atoms with van der Waals surface area (Å²) in [6.45, 7) is 3.06. The minimum atomic E-state index is -3.61. The monoisotopic (exact) mass is 497 g/mol. The van der Waals surface area contributed by atoms with Gasteiger partial charge in [0, 0.05) is 62.3 Å². The number of piperazine rings is 1. The Bertz CT molecular complexity index is 1100. The minimum absolute atomic E-state index is 0.0372. The van der Waals surface area contributed by atoms with Crippen LogP contribution in [0.1, 0.15) is 18.4 Å². The number of nitrogens with zero attached hydrogens (tertiary/aromatic N) is 3. The first-order valence-corrected chi connectivity index (χ1v) is 12.8. The van der Waals surface area contributed by atoms with Gasteiger partial charge in [-0.2, -0.15) is 4.31 Å². The molecular formula is C23H26ClF2N3O3S. The summed E-state index contributed by atoms with van der Waals surface area (Å²) in [6, 6.07) is 10.2. The van der Waals surface area contributed by atoms with Crippen LogP contribution in [0.5, 0.6) is 0 Å². The van der Waals surface area contributed by atoms with Crippen LogP contribution in [0.25, 0.3) is 0 Å². The Morgan fingerprint density at radius 2 is 1.58 bits per heavy atom. The van der Waals surface area contributed by atoms with E-state index in [1.807, 2.05) is 4.90 Å². The summed E-state index contributed by atoms with van der Waals surface area (Å²) in [5, 5.41) is 0.472. The number of hydrogen-bond acceptors (Lipinski definition) is 4. The molecule has 0 aliphatic carbocycles. The van der Waals surface area contributed by atoms with Gasteiger partial charge in [-0.15, -0.1) is 0 Å². The number of amides is 1. The number of rotatable bonds is 5. The molecular weight excluding hydrogens is 472 g/mol. The van der Waals surface area contributed by atoms with Crippen LogP contribution in [0.4, 0.5) is 8.78 Å². The van der Waals surface area contributed by atoms with Gasteiger partial charge in [0.05, 0.1) is 4.90 Å². The SMILES string of the molecule is O=C(C1CCN(S(=O)(=O)c2ccc(Cl)cc2)CC1)N1CCN(Cc2cccc(F)c2F)CC1. The van der Waals surface area contributed by atoms with Gasteiger partial charge >= 0.3 is 0 Å². The van der Waals surface area contributed by atoms with Crippen molar-refractivity contribution in [1.29, 1.82) is 0 Å². The van der Waals surface area contributed by atoms with E-state index < -0.39 is 21.7 Å². The van der Waals surface area contributed by atoms with Crippen molar-refractivity contribution in [2.45, 2.75) is 24.3 Å². The van der Waals surface area contributed by atoms with E-state index in [0.29, 0.717) is 69.2 Å². The number of benzene rings is 2. The maximum Gasteiger partial charge on any atom is 0.243 e. The highest BCUT2D eigenvalue weighted by Crippen LogP contribution is 2.26. The summed E-state index contributed by atoms with van der Waals surface area (Å²) >= 11 is 5.85. The first-order valence-electron chi connectivity index (χ1n) is 11.0. The zero-order valence-electron chi connectivity index (χ0n) is 18.1. The topological polar surface area (TPSA) is 60.9 Å². The summed E-state index contributed by atoms with van der Waals surface area (Å²) in [7, 11) is -3.61. The quantitative estimate of drug-likeness (QED) is 0.635. The van der Waals surface area contributed by atoms with Gasteiger partial charge in [0.2, 0.25) is 15.9 Å². The lowest BCUT2D eigenvalue weighted by atomic mass is 9.96. The summed E-state index contributed by atoms with van der Waals surface area (Å²) in [5.74, 6) is -1.86. The molecule has 0 spiro atoms. The molecule has 0 N–H and O–H groups in total. The Morgan fingerprint density at radius 3 is 2.21 bits per heavy atom. The minimum Gasteiger partial charge on any atom is -0.340 e. The Labute approximate surface area is 197 Å². The third-order valence-electron chi connectivity index (χ3n) is 6.36. The normalized spacial score (nSPS) is 19.1. The van der Waals surface area contributed by atoms with Crippen molar-refractivity contribution < 1.29 is 22.0 Å². The van der Waals surface area contributed by atoms with Crippen LogP contribution in [0.3, 0.4) is 0 Å². The van der Waals surface area contributed by atoms with Crippen LogP contribution < -0.4 is 0 Å². The van der Waals surface area contributed by atoms with E-state index in [1.54, 1.807) is 23.1 Å². The number of carbonyl (C=O) groups is 1. The second-order valence-electron chi connectivity index (χ2n) is 8.45. The number of halogens is 3. The van der Waals surface area contributed by atoms with E-state index in [-0.39, 0.29) is 16.7 Å². The molecule has 178 valence electrons. The first kappa shape index (κ1) is 24.1.